The van der Waals surface area contributed by atoms with Crippen LogP contribution in [-0.2, 0) is 11.3 Å². The Kier molecular flexibility index (Phi) is 5.83. The first kappa shape index (κ1) is 15.6. The van der Waals surface area contributed by atoms with Crippen molar-refractivity contribution in [1.82, 2.24) is 15.5 Å². The number of hydrogen-bond acceptors (Lipinski definition) is 5. The van der Waals surface area contributed by atoms with E-state index < -0.39 is 0 Å². The van der Waals surface area contributed by atoms with Gasteiger partial charge in [-0.1, -0.05) is 22.8 Å². The summed E-state index contributed by atoms with van der Waals surface area (Å²) in [7, 11) is 0. The molecule has 1 aromatic heterocycles. The Balaban J connectivity index is 1.87. The smallest absolute Gasteiger partial charge is 0.246 e. The van der Waals surface area contributed by atoms with Gasteiger partial charge in [-0.15, -0.1) is 18.3 Å². The van der Waals surface area contributed by atoms with E-state index in [-0.39, 0.29) is 12.5 Å². The summed E-state index contributed by atoms with van der Waals surface area (Å²) in [6, 6.07) is 7.12. The molecule has 1 amide bonds. The number of nitrogens with zero attached hydrogens (tertiary/aromatic N) is 2. The summed E-state index contributed by atoms with van der Waals surface area (Å²) in [6.07, 6.45) is 1.76. The molecule has 1 N–H and O–H groups in total. The molecule has 0 saturated carbocycles. The van der Waals surface area contributed by atoms with Crippen LogP contribution in [0.5, 0.6) is 0 Å². The molecule has 0 saturated heterocycles. The lowest BCUT2D eigenvalue weighted by molar-refractivity contribution is -0.118. The molecule has 0 fully saturated rings. The topological polar surface area (TPSA) is 68.0 Å². The van der Waals surface area contributed by atoms with E-state index in [0.717, 1.165) is 11.3 Å². The molecule has 0 aliphatic rings. The van der Waals surface area contributed by atoms with Crippen molar-refractivity contribution in [3.05, 3.63) is 47.8 Å². The highest BCUT2D eigenvalue weighted by Gasteiger charge is 2.09. The minimum absolute atomic E-state index is 0.0758. The summed E-state index contributed by atoms with van der Waals surface area (Å²) in [5.74, 6) is 1.88. The van der Waals surface area contributed by atoms with E-state index in [2.05, 4.69) is 22.0 Å². The van der Waals surface area contributed by atoms with Crippen LogP contribution in [0.2, 0.25) is 5.02 Å². The van der Waals surface area contributed by atoms with Gasteiger partial charge in [0.2, 0.25) is 17.6 Å². The lowest BCUT2D eigenvalue weighted by atomic mass is 10.2. The van der Waals surface area contributed by atoms with Gasteiger partial charge in [-0.3, -0.25) is 4.79 Å². The van der Waals surface area contributed by atoms with Crippen LogP contribution >= 0.6 is 23.4 Å². The van der Waals surface area contributed by atoms with Gasteiger partial charge in [0.15, 0.2) is 0 Å². The normalized spacial score (nSPS) is 10.3. The summed E-state index contributed by atoms with van der Waals surface area (Å²) in [6.45, 7) is 3.81. The second kappa shape index (κ2) is 7.85. The second-order valence-corrected chi connectivity index (χ2v) is 5.57. The number of thioether (sulfide) groups is 1. The van der Waals surface area contributed by atoms with E-state index in [1.54, 1.807) is 18.2 Å². The molecule has 0 bridgehead atoms. The molecule has 1 heterocycles. The Morgan fingerprint density at radius 2 is 2.19 bits per heavy atom. The maximum Gasteiger partial charge on any atom is 0.246 e. The Bertz CT molecular complexity index is 613. The van der Waals surface area contributed by atoms with Crippen molar-refractivity contribution < 1.29 is 9.32 Å². The molecule has 7 heteroatoms. The van der Waals surface area contributed by atoms with Crippen LogP contribution in [-0.4, -0.2) is 27.6 Å². The molecule has 21 heavy (non-hydrogen) atoms. The van der Waals surface area contributed by atoms with E-state index in [1.807, 2.05) is 12.1 Å². The first-order valence-corrected chi connectivity index (χ1v) is 7.76. The lowest BCUT2D eigenvalue weighted by Gasteiger charge is -2.00. The molecule has 5 nitrogen and oxygen atoms in total. The minimum Gasteiger partial charge on any atom is -0.346 e. The number of rotatable bonds is 7. The predicted octanol–water partition coefficient (Wildman–Crippen LogP) is 2.93. The highest BCUT2D eigenvalue weighted by Crippen LogP contribution is 2.18. The van der Waals surface area contributed by atoms with Crippen molar-refractivity contribution >= 4 is 29.3 Å². The maximum absolute atomic E-state index is 11.5. The summed E-state index contributed by atoms with van der Waals surface area (Å²) in [4.78, 5) is 15.8. The fourth-order valence-corrected chi connectivity index (χ4v) is 2.20. The summed E-state index contributed by atoms with van der Waals surface area (Å²) in [5, 5.41) is 7.24. The number of amides is 1. The Hall–Kier alpha value is -1.79. The zero-order valence-corrected chi connectivity index (χ0v) is 12.8. The lowest BCUT2D eigenvalue weighted by Crippen LogP contribution is -2.24. The van der Waals surface area contributed by atoms with Gasteiger partial charge in [0.25, 0.3) is 0 Å². The average molecular weight is 324 g/mol. The molecule has 2 rings (SSSR count). The van der Waals surface area contributed by atoms with Crippen molar-refractivity contribution in [2.75, 3.05) is 11.5 Å². The molecule has 0 radical (unpaired) electrons. The van der Waals surface area contributed by atoms with E-state index in [9.17, 15) is 4.79 Å². The highest BCUT2D eigenvalue weighted by molar-refractivity contribution is 8.00. The zero-order valence-electron chi connectivity index (χ0n) is 11.2. The average Bonchev–Trinajstić information content (AvgIpc) is 2.95. The first-order valence-electron chi connectivity index (χ1n) is 6.23. The predicted molar refractivity (Wildman–Crippen MR) is 84.1 cm³/mol. The standard InChI is InChI=1S/C14H14ClN3O2S/c1-2-7-21-9-12(19)16-8-13-17-14(18-20-13)10-3-5-11(15)6-4-10/h2-6H,1,7-9H2,(H,16,19). The quantitative estimate of drug-likeness (QED) is 0.627. The van der Waals surface area contributed by atoms with Crippen molar-refractivity contribution in [3.8, 4) is 11.4 Å². The third-order valence-electron chi connectivity index (χ3n) is 2.48. The van der Waals surface area contributed by atoms with Gasteiger partial charge in [0, 0.05) is 16.3 Å². The van der Waals surface area contributed by atoms with Crippen LogP contribution in [0.4, 0.5) is 0 Å². The van der Waals surface area contributed by atoms with Crippen LogP contribution in [0.3, 0.4) is 0 Å². The van der Waals surface area contributed by atoms with Gasteiger partial charge in [-0.05, 0) is 24.3 Å². The Morgan fingerprint density at radius 3 is 2.90 bits per heavy atom. The molecule has 1 aromatic carbocycles. The van der Waals surface area contributed by atoms with Gasteiger partial charge in [0.1, 0.15) is 0 Å². The van der Waals surface area contributed by atoms with Crippen LogP contribution in [0.1, 0.15) is 5.89 Å². The molecule has 0 aliphatic heterocycles. The van der Waals surface area contributed by atoms with E-state index in [4.69, 9.17) is 16.1 Å². The fraction of sp³-hybridized carbons (Fsp3) is 0.214. The Labute approximate surface area is 131 Å². The highest BCUT2D eigenvalue weighted by atomic mass is 35.5. The van der Waals surface area contributed by atoms with Gasteiger partial charge >= 0.3 is 0 Å². The molecule has 0 spiro atoms. The van der Waals surface area contributed by atoms with Crippen LogP contribution < -0.4 is 5.32 Å². The molecule has 110 valence electrons. The molecule has 0 atom stereocenters. The van der Waals surface area contributed by atoms with Crippen LogP contribution in [0.25, 0.3) is 11.4 Å². The number of halogens is 1. The largest absolute Gasteiger partial charge is 0.346 e. The number of aromatic nitrogens is 2. The van der Waals surface area contributed by atoms with E-state index in [1.165, 1.54) is 11.8 Å². The first-order chi connectivity index (χ1) is 10.2. The van der Waals surface area contributed by atoms with Crippen molar-refractivity contribution in [2.45, 2.75) is 6.54 Å². The monoisotopic (exact) mass is 323 g/mol. The van der Waals surface area contributed by atoms with Gasteiger partial charge in [0.05, 0.1) is 12.3 Å². The third kappa shape index (κ3) is 4.91. The summed E-state index contributed by atoms with van der Waals surface area (Å²) >= 11 is 7.31. The molecule has 2 aromatic rings. The van der Waals surface area contributed by atoms with Gasteiger partial charge in [-0.25, -0.2) is 0 Å². The van der Waals surface area contributed by atoms with Gasteiger partial charge in [-0.2, -0.15) is 4.98 Å². The molecule has 0 unspecified atom stereocenters. The number of hydrogen-bond donors (Lipinski definition) is 1. The van der Waals surface area contributed by atoms with Crippen LogP contribution in [0, 0.1) is 0 Å². The van der Waals surface area contributed by atoms with E-state index in [0.29, 0.717) is 22.5 Å². The maximum atomic E-state index is 11.5. The summed E-state index contributed by atoms with van der Waals surface area (Å²) in [5.41, 5.74) is 0.808. The zero-order chi connectivity index (χ0) is 15.1. The molecular formula is C14H14ClN3O2S. The van der Waals surface area contributed by atoms with Crippen molar-refractivity contribution in [1.29, 1.82) is 0 Å². The third-order valence-corrected chi connectivity index (χ3v) is 3.67. The number of carbonyl (C=O) groups is 1. The SMILES string of the molecule is C=CCSCC(=O)NCc1nc(-c2ccc(Cl)cc2)no1. The number of carbonyl (C=O) groups excluding carboxylic acids is 1. The number of benzene rings is 1. The minimum atomic E-state index is -0.0758. The van der Waals surface area contributed by atoms with Crippen molar-refractivity contribution in [3.63, 3.8) is 0 Å². The second-order valence-electron chi connectivity index (χ2n) is 4.10. The van der Waals surface area contributed by atoms with Crippen LogP contribution in [0.15, 0.2) is 41.4 Å². The molecule has 0 aliphatic carbocycles. The van der Waals surface area contributed by atoms with Crippen molar-refractivity contribution in [2.24, 2.45) is 0 Å². The molecular weight excluding hydrogens is 310 g/mol. The van der Waals surface area contributed by atoms with Gasteiger partial charge < -0.3 is 9.84 Å². The number of nitrogens with one attached hydrogen (secondary N) is 1. The van der Waals surface area contributed by atoms with E-state index >= 15 is 0 Å². The fourth-order valence-electron chi connectivity index (χ4n) is 1.50. The summed E-state index contributed by atoms with van der Waals surface area (Å²) < 4.78 is 5.09. The Morgan fingerprint density at radius 1 is 1.43 bits per heavy atom.